The zero-order valence-electron chi connectivity index (χ0n) is 10.2. The van der Waals surface area contributed by atoms with Crippen LogP contribution in [-0.4, -0.2) is 43.8 Å². The molecule has 1 N–H and O–H groups in total. The molecule has 0 radical (unpaired) electrons. The Labute approximate surface area is 120 Å². The van der Waals surface area contributed by atoms with Crippen molar-refractivity contribution in [2.75, 3.05) is 19.6 Å². The maximum Gasteiger partial charge on any atom is 0.242 e. The molecule has 1 aliphatic rings. The van der Waals surface area contributed by atoms with Crippen LogP contribution in [0.25, 0.3) is 0 Å². The van der Waals surface area contributed by atoms with Crippen molar-refractivity contribution < 1.29 is 13.2 Å². The molecule has 2 heterocycles. The second-order valence-electron chi connectivity index (χ2n) is 4.25. The molecule has 1 aromatic rings. The topological polar surface area (TPSA) is 79.4 Å². The summed E-state index contributed by atoms with van der Waals surface area (Å²) in [6.07, 6.45) is 4.70. The third-order valence-electron chi connectivity index (χ3n) is 2.86. The third-order valence-corrected chi connectivity index (χ3v) is 4.66. The summed E-state index contributed by atoms with van der Waals surface area (Å²) in [6, 6.07) is 1.44. The highest BCUT2D eigenvalue weighted by atomic mass is 79.9. The van der Waals surface area contributed by atoms with Gasteiger partial charge in [-0.25, -0.2) is 13.1 Å². The van der Waals surface area contributed by atoms with Gasteiger partial charge in [-0.1, -0.05) is 0 Å². The van der Waals surface area contributed by atoms with Crippen LogP contribution in [0.5, 0.6) is 0 Å². The number of rotatable bonds is 4. The number of pyridine rings is 1. The SMILES string of the molecule is O=C(CNS(=O)(=O)c1cncc(Br)c1)N1CCCC1. The van der Waals surface area contributed by atoms with Gasteiger partial charge in [0.25, 0.3) is 0 Å². The summed E-state index contributed by atoms with van der Waals surface area (Å²) in [5, 5.41) is 0. The molecule has 104 valence electrons. The summed E-state index contributed by atoms with van der Waals surface area (Å²) in [5.41, 5.74) is 0. The Morgan fingerprint density at radius 1 is 1.37 bits per heavy atom. The Morgan fingerprint density at radius 3 is 2.68 bits per heavy atom. The van der Waals surface area contributed by atoms with E-state index in [-0.39, 0.29) is 17.3 Å². The van der Waals surface area contributed by atoms with Gasteiger partial charge in [-0.05, 0) is 34.8 Å². The van der Waals surface area contributed by atoms with E-state index in [2.05, 4.69) is 25.6 Å². The fourth-order valence-corrected chi connectivity index (χ4v) is 3.34. The van der Waals surface area contributed by atoms with Gasteiger partial charge in [-0.15, -0.1) is 0 Å². The lowest BCUT2D eigenvalue weighted by Gasteiger charge is -2.15. The third kappa shape index (κ3) is 3.74. The minimum atomic E-state index is -3.70. The van der Waals surface area contributed by atoms with Crippen LogP contribution < -0.4 is 4.72 Å². The molecule has 0 aliphatic carbocycles. The molecule has 0 aromatic carbocycles. The smallest absolute Gasteiger partial charge is 0.242 e. The highest BCUT2D eigenvalue weighted by Crippen LogP contribution is 2.14. The van der Waals surface area contributed by atoms with E-state index in [9.17, 15) is 13.2 Å². The monoisotopic (exact) mass is 347 g/mol. The number of hydrogen-bond acceptors (Lipinski definition) is 4. The number of nitrogens with one attached hydrogen (secondary N) is 1. The highest BCUT2D eigenvalue weighted by molar-refractivity contribution is 9.10. The number of likely N-dealkylation sites (tertiary alicyclic amines) is 1. The van der Waals surface area contributed by atoms with Gasteiger partial charge in [0.2, 0.25) is 15.9 Å². The number of carbonyl (C=O) groups is 1. The number of aromatic nitrogens is 1. The normalized spacial score (nSPS) is 15.7. The van der Waals surface area contributed by atoms with E-state index < -0.39 is 10.0 Å². The number of sulfonamides is 1. The van der Waals surface area contributed by atoms with E-state index in [4.69, 9.17) is 0 Å². The first-order chi connectivity index (χ1) is 8.99. The summed E-state index contributed by atoms with van der Waals surface area (Å²) < 4.78 is 26.8. The van der Waals surface area contributed by atoms with Gasteiger partial charge >= 0.3 is 0 Å². The number of nitrogens with zero attached hydrogens (tertiary/aromatic N) is 2. The first-order valence-corrected chi connectivity index (χ1v) is 8.15. The van der Waals surface area contributed by atoms with Crippen molar-refractivity contribution in [2.24, 2.45) is 0 Å². The summed E-state index contributed by atoms with van der Waals surface area (Å²) in [4.78, 5) is 17.3. The summed E-state index contributed by atoms with van der Waals surface area (Å²) >= 11 is 3.16. The summed E-state index contributed by atoms with van der Waals surface area (Å²) in [5.74, 6) is -0.191. The van der Waals surface area contributed by atoms with Crippen molar-refractivity contribution in [2.45, 2.75) is 17.7 Å². The number of halogens is 1. The Morgan fingerprint density at radius 2 is 2.05 bits per heavy atom. The molecule has 0 bridgehead atoms. The van der Waals surface area contributed by atoms with Crippen LogP contribution in [0, 0.1) is 0 Å². The molecule has 1 saturated heterocycles. The molecular formula is C11H14BrN3O3S. The lowest BCUT2D eigenvalue weighted by atomic mass is 10.4. The molecule has 6 nitrogen and oxygen atoms in total. The molecule has 1 fully saturated rings. The van der Waals surface area contributed by atoms with Crippen LogP contribution >= 0.6 is 15.9 Å². The van der Waals surface area contributed by atoms with Gasteiger partial charge in [-0.2, -0.15) is 0 Å². The van der Waals surface area contributed by atoms with Gasteiger partial charge in [0, 0.05) is 30.0 Å². The van der Waals surface area contributed by atoms with Crippen molar-refractivity contribution >= 4 is 31.9 Å². The van der Waals surface area contributed by atoms with Gasteiger partial charge < -0.3 is 4.90 Å². The first-order valence-electron chi connectivity index (χ1n) is 5.87. The average molecular weight is 348 g/mol. The molecular weight excluding hydrogens is 334 g/mol. The lowest BCUT2D eigenvalue weighted by molar-refractivity contribution is -0.128. The second kappa shape index (κ2) is 5.98. The molecule has 19 heavy (non-hydrogen) atoms. The maximum atomic E-state index is 12.0. The minimum Gasteiger partial charge on any atom is -0.342 e. The predicted molar refractivity (Wildman–Crippen MR) is 72.9 cm³/mol. The maximum absolute atomic E-state index is 12.0. The van der Waals surface area contributed by atoms with Crippen LogP contribution in [0.1, 0.15) is 12.8 Å². The standard InChI is InChI=1S/C11H14BrN3O3S/c12-9-5-10(7-13-6-9)19(17,18)14-8-11(16)15-3-1-2-4-15/h5-7,14H,1-4,8H2. The molecule has 1 amide bonds. The van der Waals surface area contributed by atoms with Crippen molar-refractivity contribution in [3.8, 4) is 0 Å². The van der Waals surface area contributed by atoms with Crippen LogP contribution in [0.4, 0.5) is 0 Å². The zero-order chi connectivity index (χ0) is 13.9. The molecule has 2 rings (SSSR count). The molecule has 0 spiro atoms. The highest BCUT2D eigenvalue weighted by Gasteiger charge is 2.21. The van der Waals surface area contributed by atoms with Gasteiger partial charge in [-0.3, -0.25) is 9.78 Å². The van der Waals surface area contributed by atoms with Crippen molar-refractivity contribution in [3.63, 3.8) is 0 Å². The molecule has 1 aliphatic heterocycles. The molecule has 0 atom stereocenters. The first kappa shape index (κ1) is 14.4. The van der Waals surface area contributed by atoms with Crippen molar-refractivity contribution in [3.05, 3.63) is 22.9 Å². The molecule has 0 saturated carbocycles. The lowest BCUT2D eigenvalue weighted by Crippen LogP contribution is -2.38. The molecule has 8 heteroatoms. The second-order valence-corrected chi connectivity index (χ2v) is 6.93. The van der Waals surface area contributed by atoms with Crippen LogP contribution in [0.3, 0.4) is 0 Å². The molecule has 0 unspecified atom stereocenters. The van der Waals surface area contributed by atoms with E-state index >= 15 is 0 Å². The van der Waals surface area contributed by atoms with Crippen LogP contribution in [-0.2, 0) is 14.8 Å². The molecule has 1 aromatic heterocycles. The Kier molecular flexibility index (Phi) is 4.54. The van der Waals surface area contributed by atoms with Gasteiger partial charge in [0.15, 0.2) is 0 Å². The van der Waals surface area contributed by atoms with Gasteiger partial charge in [0.05, 0.1) is 6.54 Å². The quantitative estimate of drug-likeness (QED) is 0.871. The largest absolute Gasteiger partial charge is 0.342 e. The Bertz CT molecular complexity index is 570. The Hall–Kier alpha value is -0.990. The van der Waals surface area contributed by atoms with E-state index in [1.807, 2.05) is 0 Å². The summed E-state index contributed by atoms with van der Waals surface area (Å²) in [7, 11) is -3.70. The van der Waals surface area contributed by atoms with E-state index in [1.54, 1.807) is 4.90 Å². The summed E-state index contributed by atoms with van der Waals surface area (Å²) in [6.45, 7) is 1.20. The average Bonchev–Trinajstić information content (AvgIpc) is 2.90. The van der Waals surface area contributed by atoms with E-state index in [0.29, 0.717) is 17.6 Å². The number of hydrogen-bond donors (Lipinski definition) is 1. The Balaban J connectivity index is 1.99. The van der Waals surface area contributed by atoms with Crippen molar-refractivity contribution in [1.82, 2.24) is 14.6 Å². The van der Waals surface area contributed by atoms with E-state index in [1.165, 1.54) is 18.5 Å². The zero-order valence-corrected chi connectivity index (χ0v) is 12.6. The van der Waals surface area contributed by atoms with Crippen molar-refractivity contribution in [1.29, 1.82) is 0 Å². The van der Waals surface area contributed by atoms with Crippen LogP contribution in [0.2, 0.25) is 0 Å². The fraction of sp³-hybridized carbons (Fsp3) is 0.455. The number of carbonyl (C=O) groups excluding carboxylic acids is 1. The van der Waals surface area contributed by atoms with Gasteiger partial charge in [0.1, 0.15) is 4.90 Å². The predicted octanol–water partition coefficient (Wildman–Crippen LogP) is 0.745. The number of amides is 1. The minimum absolute atomic E-state index is 0.0381. The fourth-order valence-electron chi connectivity index (χ4n) is 1.86. The van der Waals surface area contributed by atoms with Crippen LogP contribution in [0.15, 0.2) is 27.8 Å². The van der Waals surface area contributed by atoms with E-state index in [0.717, 1.165) is 12.8 Å².